The molecule has 1 aliphatic rings. The topological polar surface area (TPSA) is 23.6 Å². The van der Waals surface area contributed by atoms with Crippen molar-refractivity contribution in [3.63, 3.8) is 0 Å². The summed E-state index contributed by atoms with van der Waals surface area (Å²) in [5, 5.41) is 0. The number of rotatable bonds is 3. The summed E-state index contributed by atoms with van der Waals surface area (Å²) < 4.78 is 51.1. The van der Waals surface area contributed by atoms with E-state index in [1.54, 1.807) is 4.90 Å². The number of piperazine rings is 1. The number of carbonyl (C=O) groups excluding carboxylic acids is 1. The van der Waals surface area contributed by atoms with Crippen LogP contribution in [0.2, 0.25) is 0 Å². The molecule has 1 fully saturated rings. The highest BCUT2D eigenvalue weighted by Crippen LogP contribution is 2.32. The van der Waals surface area contributed by atoms with Crippen molar-refractivity contribution in [3.8, 4) is 0 Å². The molecule has 0 bridgehead atoms. The molecule has 0 aliphatic carbocycles. The van der Waals surface area contributed by atoms with E-state index in [1.807, 2.05) is 6.92 Å². The van der Waals surface area contributed by atoms with Crippen LogP contribution in [0, 0.1) is 5.82 Å². The van der Waals surface area contributed by atoms with E-state index in [2.05, 4.69) is 4.90 Å². The molecule has 1 heterocycles. The van der Waals surface area contributed by atoms with Gasteiger partial charge in [0, 0.05) is 32.3 Å². The predicted octanol–water partition coefficient (Wildman–Crippen LogP) is 3.02. The van der Waals surface area contributed by atoms with Crippen molar-refractivity contribution in [2.45, 2.75) is 13.1 Å². The van der Waals surface area contributed by atoms with Crippen LogP contribution in [-0.4, -0.2) is 48.4 Å². The van der Waals surface area contributed by atoms with Gasteiger partial charge >= 0.3 is 6.18 Å². The lowest BCUT2D eigenvalue weighted by atomic mass is 10.1. The molecular weight excluding hydrogens is 312 g/mol. The Morgan fingerprint density at radius 3 is 2.43 bits per heavy atom. The molecule has 0 unspecified atom stereocenters. The second-order valence-electron chi connectivity index (χ2n) is 5.33. The van der Waals surface area contributed by atoms with E-state index in [0.29, 0.717) is 19.2 Å². The molecule has 0 aromatic heterocycles. The summed E-state index contributed by atoms with van der Waals surface area (Å²) in [6, 6.07) is 2.67. The monoisotopic (exact) mass is 330 g/mol. The molecule has 1 aromatic rings. The highest BCUT2D eigenvalue weighted by molar-refractivity contribution is 5.91. The molecule has 1 aromatic carbocycles. The second kappa shape index (κ2) is 7.12. The lowest BCUT2D eigenvalue weighted by Gasteiger charge is -2.33. The van der Waals surface area contributed by atoms with Gasteiger partial charge in [0.2, 0.25) is 5.91 Å². The number of alkyl halides is 3. The minimum atomic E-state index is -4.76. The molecule has 126 valence electrons. The first-order valence-corrected chi connectivity index (χ1v) is 7.37. The maximum atomic E-state index is 13.2. The van der Waals surface area contributed by atoms with Crippen molar-refractivity contribution in [1.29, 1.82) is 0 Å². The van der Waals surface area contributed by atoms with E-state index in [-0.39, 0.29) is 11.5 Å². The molecular formula is C16H18F4N2O. The Kier molecular flexibility index (Phi) is 5.41. The van der Waals surface area contributed by atoms with Crippen LogP contribution in [0.4, 0.5) is 17.6 Å². The standard InChI is InChI=1S/C16H18F4N2O/c1-2-21-7-9-22(10-8-21)15(23)6-4-12-3-5-14(17)13(11-12)16(18,19)20/h3-6,11H,2,7-10H2,1H3/b6-4+. The SMILES string of the molecule is CCN1CCN(C(=O)/C=C/c2ccc(F)c(C(F)(F)F)c2)CC1. The first-order valence-electron chi connectivity index (χ1n) is 7.37. The summed E-state index contributed by atoms with van der Waals surface area (Å²) in [7, 11) is 0. The van der Waals surface area contributed by atoms with E-state index in [9.17, 15) is 22.4 Å². The molecule has 23 heavy (non-hydrogen) atoms. The van der Waals surface area contributed by atoms with Crippen molar-refractivity contribution >= 4 is 12.0 Å². The molecule has 0 atom stereocenters. The molecule has 1 saturated heterocycles. The minimum absolute atomic E-state index is 0.138. The zero-order valence-electron chi connectivity index (χ0n) is 12.7. The largest absolute Gasteiger partial charge is 0.419 e. The van der Waals surface area contributed by atoms with Crippen molar-refractivity contribution in [2.75, 3.05) is 32.7 Å². The van der Waals surface area contributed by atoms with Gasteiger partial charge in [-0.25, -0.2) is 4.39 Å². The van der Waals surface area contributed by atoms with Crippen LogP contribution in [0.3, 0.4) is 0 Å². The third-order valence-corrected chi connectivity index (χ3v) is 3.85. The fourth-order valence-electron chi connectivity index (χ4n) is 2.42. The molecule has 0 N–H and O–H groups in total. The van der Waals surface area contributed by atoms with E-state index >= 15 is 0 Å². The van der Waals surface area contributed by atoms with Gasteiger partial charge in [0.15, 0.2) is 0 Å². The summed E-state index contributed by atoms with van der Waals surface area (Å²) in [6.07, 6.45) is -2.24. The molecule has 3 nitrogen and oxygen atoms in total. The van der Waals surface area contributed by atoms with Crippen LogP contribution in [0.1, 0.15) is 18.1 Å². The average molecular weight is 330 g/mol. The summed E-state index contributed by atoms with van der Waals surface area (Å²) in [5.41, 5.74) is -1.19. The summed E-state index contributed by atoms with van der Waals surface area (Å²) >= 11 is 0. The van der Waals surface area contributed by atoms with E-state index in [4.69, 9.17) is 0 Å². The Bertz CT molecular complexity index is 590. The van der Waals surface area contributed by atoms with Gasteiger partial charge in [0.05, 0.1) is 5.56 Å². The highest BCUT2D eigenvalue weighted by Gasteiger charge is 2.34. The number of hydrogen-bond acceptors (Lipinski definition) is 2. The van der Waals surface area contributed by atoms with Gasteiger partial charge in [0.1, 0.15) is 5.82 Å². The normalized spacial score (nSPS) is 17.0. The Morgan fingerprint density at radius 1 is 1.22 bits per heavy atom. The van der Waals surface area contributed by atoms with Crippen LogP contribution in [0.15, 0.2) is 24.3 Å². The predicted molar refractivity (Wildman–Crippen MR) is 79.1 cm³/mol. The number of likely N-dealkylation sites (N-methyl/N-ethyl adjacent to an activating group) is 1. The van der Waals surface area contributed by atoms with Gasteiger partial charge in [-0.15, -0.1) is 0 Å². The number of halogens is 4. The van der Waals surface area contributed by atoms with E-state index in [1.165, 1.54) is 18.2 Å². The Labute approximate surface area is 132 Å². The summed E-state index contributed by atoms with van der Waals surface area (Å²) in [5.74, 6) is -1.57. The number of amides is 1. The lowest BCUT2D eigenvalue weighted by Crippen LogP contribution is -2.48. The molecule has 7 heteroatoms. The Hall–Kier alpha value is -1.89. The Morgan fingerprint density at radius 2 is 1.87 bits per heavy atom. The van der Waals surface area contributed by atoms with Crippen molar-refractivity contribution in [2.24, 2.45) is 0 Å². The van der Waals surface area contributed by atoms with Gasteiger partial charge in [-0.2, -0.15) is 13.2 Å². The zero-order chi connectivity index (χ0) is 17.0. The lowest BCUT2D eigenvalue weighted by molar-refractivity contribution is -0.140. The van der Waals surface area contributed by atoms with Gasteiger partial charge in [-0.3, -0.25) is 4.79 Å². The van der Waals surface area contributed by atoms with Crippen LogP contribution < -0.4 is 0 Å². The van der Waals surface area contributed by atoms with E-state index < -0.39 is 17.6 Å². The summed E-state index contributed by atoms with van der Waals surface area (Å²) in [4.78, 5) is 15.9. The second-order valence-corrected chi connectivity index (χ2v) is 5.33. The van der Waals surface area contributed by atoms with Gasteiger partial charge in [-0.1, -0.05) is 13.0 Å². The molecule has 0 spiro atoms. The van der Waals surface area contributed by atoms with Gasteiger partial charge < -0.3 is 9.80 Å². The fraction of sp³-hybridized carbons (Fsp3) is 0.438. The van der Waals surface area contributed by atoms with Crippen molar-refractivity contribution in [1.82, 2.24) is 9.80 Å². The van der Waals surface area contributed by atoms with Crippen molar-refractivity contribution < 1.29 is 22.4 Å². The third kappa shape index (κ3) is 4.54. The average Bonchev–Trinajstić information content (AvgIpc) is 2.52. The number of benzene rings is 1. The van der Waals surface area contributed by atoms with Crippen LogP contribution in [0.25, 0.3) is 6.08 Å². The van der Waals surface area contributed by atoms with Crippen molar-refractivity contribution in [3.05, 3.63) is 41.2 Å². The number of carbonyl (C=O) groups is 1. The molecule has 0 radical (unpaired) electrons. The summed E-state index contributed by atoms with van der Waals surface area (Å²) in [6.45, 7) is 5.72. The molecule has 1 aliphatic heterocycles. The molecule has 2 rings (SSSR count). The number of hydrogen-bond donors (Lipinski definition) is 0. The van der Waals surface area contributed by atoms with Crippen LogP contribution in [0.5, 0.6) is 0 Å². The fourth-order valence-corrected chi connectivity index (χ4v) is 2.42. The molecule has 1 amide bonds. The first-order chi connectivity index (χ1) is 10.8. The maximum absolute atomic E-state index is 13.2. The Balaban J connectivity index is 2.04. The van der Waals surface area contributed by atoms with Gasteiger partial charge in [0.25, 0.3) is 0 Å². The smallest absolute Gasteiger partial charge is 0.337 e. The third-order valence-electron chi connectivity index (χ3n) is 3.85. The van der Waals surface area contributed by atoms with Crippen LogP contribution in [-0.2, 0) is 11.0 Å². The maximum Gasteiger partial charge on any atom is 0.419 e. The highest BCUT2D eigenvalue weighted by atomic mass is 19.4. The van der Waals surface area contributed by atoms with Crippen LogP contribution >= 0.6 is 0 Å². The zero-order valence-corrected chi connectivity index (χ0v) is 12.7. The quantitative estimate of drug-likeness (QED) is 0.628. The minimum Gasteiger partial charge on any atom is -0.337 e. The van der Waals surface area contributed by atoms with E-state index in [0.717, 1.165) is 25.7 Å². The first kappa shape index (κ1) is 17.5. The number of nitrogens with zero attached hydrogens (tertiary/aromatic N) is 2. The van der Waals surface area contributed by atoms with Gasteiger partial charge in [-0.05, 0) is 30.3 Å². The molecule has 0 saturated carbocycles.